The number of rotatable bonds is 4. The Bertz CT molecular complexity index is 607. The summed E-state index contributed by atoms with van der Waals surface area (Å²) in [4.78, 5) is 26.2. The van der Waals surface area contributed by atoms with E-state index in [9.17, 15) is 14.0 Å². The molecule has 2 aliphatic rings. The van der Waals surface area contributed by atoms with E-state index in [0.29, 0.717) is 25.2 Å². The third kappa shape index (κ3) is 5.34. The molecule has 1 aromatic rings. The highest BCUT2D eigenvalue weighted by molar-refractivity contribution is 7.99. The summed E-state index contributed by atoms with van der Waals surface area (Å²) in [5.41, 5.74) is 0.533. The second kappa shape index (κ2) is 8.53. The van der Waals surface area contributed by atoms with Crippen LogP contribution in [0.1, 0.15) is 12.8 Å². The molecule has 0 aliphatic carbocycles. The van der Waals surface area contributed by atoms with Gasteiger partial charge in [-0.3, -0.25) is 4.79 Å². The van der Waals surface area contributed by atoms with Gasteiger partial charge in [0.05, 0.1) is 0 Å². The maximum Gasteiger partial charge on any atom is 0.319 e. The highest BCUT2D eigenvalue weighted by Gasteiger charge is 2.29. The number of carbonyl (C=O) groups is 2. The number of anilines is 1. The van der Waals surface area contributed by atoms with E-state index in [1.807, 2.05) is 16.7 Å². The van der Waals surface area contributed by atoms with Crippen LogP contribution in [0, 0.1) is 5.82 Å². The molecule has 0 aromatic heterocycles. The van der Waals surface area contributed by atoms with Gasteiger partial charge in [0.15, 0.2) is 0 Å². The first-order valence-electron chi connectivity index (χ1n) is 8.52. The maximum absolute atomic E-state index is 12.9. The molecule has 0 radical (unpaired) electrons. The topological polar surface area (TPSA) is 73.5 Å². The number of thioether (sulfide) groups is 1. The Labute approximate surface area is 150 Å². The minimum atomic E-state index is -0.346. The van der Waals surface area contributed by atoms with Gasteiger partial charge in [0, 0.05) is 55.3 Å². The molecule has 6 nitrogen and oxygen atoms in total. The van der Waals surface area contributed by atoms with Gasteiger partial charge in [0.2, 0.25) is 5.91 Å². The zero-order valence-corrected chi connectivity index (χ0v) is 14.8. The van der Waals surface area contributed by atoms with Crippen LogP contribution in [0.25, 0.3) is 0 Å². The first-order chi connectivity index (χ1) is 12.1. The number of hydrogen-bond donors (Lipinski definition) is 3. The first-order valence-corrected chi connectivity index (χ1v) is 9.67. The van der Waals surface area contributed by atoms with Gasteiger partial charge in [-0.05, 0) is 30.7 Å². The monoisotopic (exact) mass is 366 g/mol. The Kier molecular flexibility index (Phi) is 6.14. The van der Waals surface area contributed by atoms with Gasteiger partial charge in [-0.25, -0.2) is 9.18 Å². The third-order valence-electron chi connectivity index (χ3n) is 4.40. The molecule has 136 valence electrons. The third-order valence-corrected chi connectivity index (χ3v) is 5.53. The lowest BCUT2D eigenvalue weighted by molar-refractivity contribution is -0.130. The van der Waals surface area contributed by atoms with Crippen LogP contribution >= 0.6 is 11.8 Å². The van der Waals surface area contributed by atoms with Crippen molar-refractivity contribution in [1.29, 1.82) is 0 Å². The molecule has 2 fully saturated rings. The van der Waals surface area contributed by atoms with Crippen LogP contribution in [0.3, 0.4) is 0 Å². The van der Waals surface area contributed by atoms with Crippen molar-refractivity contribution < 1.29 is 14.0 Å². The van der Waals surface area contributed by atoms with Crippen LogP contribution in [-0.2, 0) is 4.79 Å². The molecule has 2 atom stereocenters. The van der Waals surface area contributed by atoms with E-state index in [1.165, 1.54) is 24.3 Å². The molecule has 2 unspecified atom stereocenters. The normalized spacial score (nSPS) is 23.3. The standard InChI is InChI=1S/C17H23FN4O2S/c18-12-1-3-13(4-2-12)20-17(24)21-14-5-7-22(10-14)16(23)9-15-11-25-8-6-19-15/h1-4,14-15,19H,5-11H2,(H2,20,21,24). The summed E-state index contributed by atoms with van der Waals surface area (Å²) in [5, 5.41) is 8.92. The number of hydrogen-bond acceptors (Lipinski definition) is 4. The second-order valence-corrected chi connectivity index (χ2v) is 7.51. The summed E-state index contributed by atoms with van der Waals surface area (Å²) >= 11 is 1.88. The molecular formula is C17H23FN4O2S. The molecule has 3 amide bonds. The Balaban J connectivity index is 1.41. The minimum absolute atomic E-state index is 0.0573. The number of halogens is 1. The summed E-state index contributed by atoms with van der Waals surface area (Å²) < 4.78 is 12.9. The van der Waals surface area contributed by atoms with Crippen molar-refractivity contribution >= 4 is 29.4 Å². The van der Waals surface area contributed by atoms with Crippen molar-refractivity contribution in [3.05, 3.63) is 30.1 Å². The van der Waals surface area contributed by atoms with Gasteiger partial charge in [-0.15, -0.1) is 0 Å². The Morgan fingerprint density at radius 1 is 1.32 bits per heavy atom. The van der Waals surface area contributed by atoms with Gasteiger partial charge in [0.1, 0.15) is 5.82 Å². The highest BCUT2D eigenvalue weighted by atomic mass is 32.2. The molecule has 2 aliphatic heterocycles. The summed E-state index contributed by atoms with van der Waals surface area (Å²) in [6.45, 7) is 2.16. The quantitative estimate of drug-likeness (QED) is 0.758. The van der Waals surface area contributed by atoms with Crippen LogP contribution in [-0.4, -0.2) is 60.1 Å². The van der Waals surface area contributed by atoms with E-state index in [0.717, 1.165) is 24.5 Å². The largest absolute Gasteiger partial charge is 0.341 e. The molecule has 3 rings (SSSR count). The average Bonchev–Trinajstić information content (AvgIpc) is 3.06. The molecule has 0 saturated carbocycles. The van der Waals surface area contributed by atoms with Gasteiger partial charge in [-0.2, -0.15) is 11.8 Å². The van der Waals surface area contributed by atoms with E-state index in [4.69, 9.17) is 0 Å². The van der Waals surface area contributed by atoms with Crippen LogP contribution < -0.4 is 16.0 Å². The van der Waals surface area contributed by atoms with Crippen molar-refractivity contribution in [2.75, 3.05) is 36.5 Å². The van der Waals surface area contributed by atoms with E-state index < -0.39 is 0 Å². The summed E-state index contributed by atoms with van der Waals surface area (Å²) in [6, 6.07) is 5.46. The fraction of sp³-hybridized carbons (Fsp3) is 0.529. The lowest BCUT2D eigenvalue weighted by atomic mass is 10.2. The minimum Gasteiger partial charge on any atom is -0.341 e. The summed E-state index contributed by atoms with van der Waals surface area (Å²) in [5.74, 6) is 1.87. The van der Waals surface area contributed by atoms with Crippen molar-refractivity contribution in [1.82, 2.24) is 15.5 Å². The van der Waals surface area contributed by atoms with Crippen molar-refractivity contribution in [3.8, 4) is 0 Å². The zero-order valence-electron chi connectivity index (χ0n) is 14.0. The molecule has 0 bridgehead atoms. The number of likely N-dealkylation sites (tertiary alicyclic amines) is 1. The summed E-state index contributed by atoms with van der Waals surface area (Å²) in [6.07, 6.45) is 1.26. The number of carbonyl (C=O) groups excluding carboxylic acids is 2. The molecule has 1 aromatic carbocycles. The Morgan fingerprint density at radius 2 is 2.12 bits per heavy atom. The SMILES string of the molecule is O=C(Nc1ccc(F)cc1)NC1CCN(C(=O)CC2CSCCN2)C1. The Morgan fingerprint density at radius 3 is 2.84 bits per heavy atom. The van der Waals surface area contributed by atoms with Crippen LogP contribution in [0.4, 0.5) is 14.9 Å². The number of nitrogens with zero attached hydrogens (tertiary/aromatic N) is 1. The molecule has 25 heavy (non-hydrogen) atoms. The molecule has 2 heterocycles. The van der Waals surface area contributed by atoms with Crippen LogP contribution in [0.5, 0.6) is 0 Å². The lowest BCUT2D eigenvalue weighted by Crippen LogP contribution is -2.43. The molecular weight excluding hydrogens is 343 g/mol. The van der Waals surface area contributed by atoms with E-state index in [-0.39, 0.29) is 29.8 Å². The van der Waals surface area contributed by atoms with Gasteiger partial charge in [0.25, 0.3) is 0 Å². The highest BCUT2D eigenvalue weighted by Crippen LogP contribution is 2.15. The lowest BCUT2D eigenvalue weighted by Gasteiger charge is -2.25. The first kappa shape index (κ1) is 18.0. The van der Waals surface area contributed by atoms with E-state index >= 15 is 0 Å². The molecule has 3 N–H and O–H groups in total. The predicted molar refractivity (Wildman–Crippen MR) is 97.3 cm³/mol. The fourth-order valence-corrected chi connectivity index (χ4v) is 4.03. The van der Waals surface area contributed by atoms with Gasteiger partial charge in [-0.1, -0.05) is 0 Å². The number of benzene rings is 1. The number of urea groups is 1. The number of amides is 3. The average molecular weight is 366 g/mol. The van der Waals surface area contributed by atoms with Gasteiger partial charge < -0.3 is 20.9 Å². The van der Waals surface area contributed by atoms with Crippen molar-refractivity contribution in [2.24, 2.45) is 0 Å². The van der Waals surface area contributed by atoms with Crippen molar-refractivity contribution in [3.63, 3.8) is 0 Å². The van der Waals surface area contributed by atoms with E-state index in [1.54, 1.807) is 0 Å². The van der Waals surface area contributed by atoms with E-state index in [2.05, 4.69) is 16.0 Å². The zero-order chi connectivity index (χ0) is 17.6. The molecule has 8 heteroatoms. The summed E-state index contributed by atoms with van der Waals surface area (Å²) in [7, 11) is 0. The maximum atomic E-state index is 12.9. The Hall–Kier alpha value is -1.80. The number of nitrogens with one attached hydrogen (secondary N) is 3. The van der Waals surface area contributed by atoms with Crippen LogP contribution in [0.2, 0.25) is 0 Å². The predicted octanol–water partition coefficient (Wildman–Crippen LogP) is 1.64. The van der Waals surface area contributed by atoms with Gasteiger partial charge >= 0.3 is 6.03 Å². The van der Waals surface area contributed by atoms with Crippen molar-refractivity contribution in [2.45, 2.75) is 24.9 Å². The fourth-order valence-electron chi connectivity index (χ4n) is 3.08. The molecule has 2 saturated heterocycles. The second-order valence-electron chi connectivity index (χ2n) is 6.36. The smallest absolute Gasteiger partial charge is 0.319 e. The molecule has 0 spiro atoms. The van der Waals surface area contributed by atoms with Crippen LogP contribution in [0.15, 0.2) is 24.3 Å².